The van der Waals surface area contributed by atoms with Crippen molar-refractivity contribution in [3.05, 3.63) is 35.4 Å². The summed E-state index contributed by atoms with van der Waals surface area (Å²) >= 11 is 0. The summed E-state index contributed by atoms with van der Waals surface area (Å²) < 4.78 is 0. The van der Waals surface area contributed by atoms with Gasteiger partial charge in [-0.25, -0.2) is 0 Å². The Balaban J connectivity index is 2.39. The Morgan fingerprint density at radius 3 is 2.24 bits per heavy atom. The zero-order valence-electron chi connectivity index (χ0n) is 11.4. The van der Waals surface area contributed by atoms with Crippen molar-refractivity contribution < 1.29 is 5.11 Å². The summed E-state index contributed by atoms with van der Waals surface area (Å²) in [4.78, 5) is 0. The molecule has 96 valence electrons. The van der Waals surface area contributed by atoms with Gasteiger partial charge < -0.3 is 10.4 Å². The lowest BCUT2D eigenvalue weighted by atomic mass is 10.0. The van der Waals surface area contributed by atoms with Gasteiger partial charge in [-0.3, -0.25) is 0 Å². The molecule has 0 heterocycles. The largest absolute Gasteiger partial charge is 0.393 e. The Kier molecular flexibility index (Phi) is 5.66. The zero-order chi connectivity index (χ0) is 12.8. The Hall–Kier alpha value is -0.860. The van der Waals surface area contributed by atoms with Crippen LogP contribution in [0.15, 0.2) is 24.3 Å². The Labute approximate surface area is 105 Å². The van der Waals surface area contributed by atoms with E-state index in [-0.39, 0.29) is 6.10 Å². The fourth-order valence-electron chi connectivity index (χ4n) is 2.02. The molecule has 2 heteroatoms. The number of nitrogens with one attached hydrogen (secondary N) is 1. The molecule has 0 radical (unpaired) electrons. The van der Waals surface area contributed by atoms with E-state index in [4.69, 9.17) is 0 Å². The van der Waals surface area contributed by atoms with Gasteiger partial charge in [0.05, 0.1) is 6.10 Å². The molecule has 3 atom stereocenters. The highest BCUT2D eigenvalue weighted by Crippen LogP contribution is 2.14. The van der Waals surface area contributed by atoms with Crippen molar-refractivity contribution in [2.45, 2.75) is 46.3 Å². The summed E-state index contributed by atoms with van der Waals surface area (Å²) in [5.41, 5.74) is 2.61. The first-order valence-corrected chi connectivity index (χ1v) is 6.47. The van der Waals surface area contributed by atoms with E-state index < -0.39 is 0 Å². The monoisotopic (exact) mass is 235 g/mol. The van der Waals surface area contributed by atoms with Crippen LogP contribution < -0.4 is 5.32 Å². The molecule has 0 amide bonds. The van der Waals surface area contributed by atoms with Gasteiger partial charge in [0.1, 0.15) is 0 Å². The molecule has 2 nitrogen and oxygen atoms in total. The highest BCUT2D eigenvalue weighted by atomic mass is 16.3. The number of hydrogen-bond acceptors (Lipinski definition) is 2. The summed E-state index contributed by atoms with van der Waals surface area (Å²) in [6.45, 7) is 9.24. The summed E-state index contributed by atoms with van der Waals surface area (Å²) in [6, 6.07) is 9.00. The van der Waals surface area contributed by atoms with Gasteiger partial charge in [0, 0.05) is 6.04 Å². The van der Waals surface area contributed by atoms with Gasteiger partial charge >= 0.3 is 0 Å². The molecule has 0 spiro atoms. The number of benzene rings is 1. The SMILES string of the molecule is Cc1ccc(C(C)NCC(C)CC(C)O)cc1. The van der Waals surface area contributed by atoms with E-state index in [0.717, 1.165) is 13.0 Å². The van der Waals surface area contributed by atoms with Crippen LogP contribution in [-0.2, 0) is 0 Å². The number of aliphatic hydroxyl groups excluding tert-OH is 1. The lowest BCUT2D eigenvalue weighted by Crippen LogP contribution is -2.26. The van der Waals surface area contributed by atoms with Crippen molar-refractivity contribution in [1.82, 2.24) is 5.32 Å². The van der Waals surface area contributed by atoms with Gasteiger partial charge in [-0.2, -0.15) is 0 Å². The van der Waals surface area contributed by atoms with Gasteiger partial charge in [0.2, 0.25) is 0 Å². The molecular formula is C15H25NO. The van der Waals surface area contributed by atoms with Gasteiger partial charge in [-0.05, 0) is 45.2 Å². The maximum Gasteiger partial charge on any atom is 0.0515 e. The average Bonchev–Trinajstić information content (AvgIpc) is 2.26. The maximum absolute atomic E-state index is 9.31. The molecule has 1 aromatic carbocycles. The lowest BCUT2D eigenvalue weighted by molar-refractivity contribution is 0.162. The first kappa shape index (κ1) is 14.2. The van der Waals surface area contributed by atoms with Crippen molar-refractivity contribution in [2.75, 3.05) is 6.54 Å². The lowest BCUT2D eigenvalue weighted by Gasteiger charge is -2.19. The minimum absolute atomic E-state index is 0.207. The van der Waals surface area contributed by atoms with Gasteiger partial charge in [0.15, 0.2) is 0 Å². The van der Waals surface area contributed by atoms with Crippen LogP contribution >= 0.6 is 0 Å². The molecule has 0 bridgehead atoms. The van der Waals surface area contributed by atoms with Gasteiger partial charge in [0.25, 0.3) is 0 Å². The van der Waals surface area contributed by atoms with E-state index in [2.05, 4.69) is 50.4 Å². The van der Waals surface area contributed by atoms with Crippen molar-refractivity contribution in [1.29, 1.82) is 0 Å². The molecule has 0 fully saturated rings. The molecule has 0 aliphatic carbocycles. The van der Waals surface area contributed by atoms with Crippen molar-refractivity contribution in [2.24, 2.45) is 5.92 Å². The van der Waals surface area contributed by atoms with E-state index in [1.165, 1.54) is 11.1 Å². The Bertz CT molecular complexity index is 318. The molecule has 1 rings (SSSR count). The van der Waals surface area contributed by atoms with Crippen LogP contribution in [-0.4, -0.2) is 17.8 Å². The third kappa shape index (κ3) is 5.33. The van der Waals surface area contributed by atoms with Crippen molar-refractivity contribution in [3.8, 4) is 0 Å². The molecule has 0 aromatic heterocycles. The predicted molar refractivity (Wildman–Crippen MR) is 73.1 cm³/mol. The van der Waals surface area contributed by atoms with E-state index in [9.17, 15) is 5.11 Å². The van der Waals surface area contributed by atoms with Crippen LogP contribution in [0.5, 0.6) is 0 Å². The molecule has 0 aliphatic heterocycles. The van der Waals surface area contributed by atoms with E-state index in [1.54, 1.807) is 0 Å². The molecule has 3 unspecified atom stereocenters. The van der Waals surface area contributed by atoms with Crippen LogP contribution in [0.3, 0.4) is 0 Å². The highest BCUT2D eigenvalue weighted by molar-refractivity contribution is 5.23. The molecule has 17 heavy (non-hydrogen) atoms. The predicted octanol–water partition coefficient (Wildman–Crippen LogP) is 3.05. The van der Waals surface area contributed by atoms with E-state index >= 15 is 0 Å². The highest BCUT2D eigenvalue weighted by Gasteiger charge is 2.09. The van der Waals surface area contributed by atoms with E-state index in [0.29, 0.717) is 12.0 Å². The van der Waals surface area contributed by atoms with E-state index in [1.807, 2.05) is 6.92 Å². The molecule has 0 saturated heterocycles. The Morgan fingerprint density at radius 2 is 1.71 bits per heavy atom. The summed E-state index contributed by atoms with van der Waals surface area (Å²) in [7, 11) is 0. The first-order valence-electron chi connectivity index (χ1n) is 6.47. The van der Waals surface area contributed by atoms with Crippen LogP contribution in [0.2, 0.25) is 0 Å². The molecule has 2 N–H and O–H groups in total. The minimum Gasteiger partial charge on any atom is -0.393 e. The second-order valence-electron chi connectivity index (χ2n) is 5.23. The minimum atomic E-state index is -0.207. The fraction of sp³-hybridized carbons (Fsp3) is 0.600. The smallest absolute Gasteiger partial charge is 0.0515 e. The average molecular weight is 235 g/mol. The standard InChI is InChI=1S/C15H25NO/c1-11-5-7-15(8-6-11)14(4)16-10-12(2)9-13(3)17/h5-8,12-14,16-17H,9-10H2,1-4H3. The molecular weight excluding hydrogens is 210 g/mol. The number of hydrogen-bond donors (Lipinski definition) is 2. The Morgan fingerprint density at radius 1 is 1.12 bits per heavy atom. The number of aryl methyl sites for hydroxylation is 1. The van der Waals surface area contributed by atoms with Gasteiger partial charge in [-0.1, -0.05) is 36.8 Å². The first-order chi connectivity index (χ1) is 7.99. The second-order valence-corrected chi connectivity index (χ2v) is 5.23. The number of aliphatic hydroxyl groups is 1. The number of rotatable bonds is 6. The maximum atomic E-state index is 9.31. The van der Waals surface area contributed by atoms with Crippen molar-refractivity contribution >= 4 is 0 Å². The summed E-state index contributed by atoms with van der Waals surface area (Å²) in [5.74, 6) is 0.503. The normalized spacial score (nSPS) is 16.5. The summed E-state index contributed by atoms with van der Waals surface area (Å²) in [5, 5.41) is 12.8. The molecule has 1 aromatic rings. The third-order valence-electron chi connectivity index (χ3n) is 3.09. The van der Waals surface area contributed by atoms with Crippen LogP contribution in [0, 0.1) is 12.8 Å². The molecule has 0 aliphatic rings. The quantitative estimate of drug-likeness (QED) is 0.794. The summed E-state index contributed by atoms with van der Waals surface area (Å²) in [6.07, 6.45) is 0.648. The van der Waals surface area contributed by atoms with Crippen LogP contribution in [0.4, 0.5) is 0 Å². The van der Waals surface area contributed by atoms with Crippen LogP contribution in [0.1, 0.15) is 44.4 Å². The second kappa shape index (κ2) is 6.77. The molecule has 0 saturated carbocycles. The van der Waals surface area contributed by atoms with Gasteiger partial charge in [-0.15, -0.1) is 0 Å². The van der Waals surface area contributed by atoms with Crippen LogP contribution in [0.25, 0.3) is 0 Å². The fourth-order valence-corrected chi connectivity index (χ4v) is 2.02. The zero-order valence-corrected chi connectivity index (χ0v) is 11.4. The third-order valence-corrected chi connectivity index (χ3v) is 3.09. The van der Waals surface area contributed by atoms with Crippen molar-refractivity contribution in [3.63, 3.8) is 0 Å². The topological polar surface area (TPSA) is 32.3 Å².